The Labute approximate surface area is 160 Å². The second-order valence-electron chi connectivity index (χ2n) is 9.47. The largest absolute Gasteiger partial charge is 0.212 e. The zero-order valence-corrected chi connectivity index (χ0v) is 17.9. The third kappa shape index (κ3) is 3.72. The van der Waals surface area contributed by atoms with Gasteiger partial charge in [0.15, 0.2) is 6.20 Å². The Balaban J connectivity index is 2.10. The van der Waals surface area contributed by atoms with Gasteiger partial charge in [-0.1, -0.05) is 46.1 Å². The molecule has 1 nitrogen and oxygen atoms in total. The van der Waals surface area contributed by atoms with Crippen molar-refractivity contribution in [3.8, 4) is 11.3 Å². The molecular weight excluding hydrogens is 314 g/mol. The molecule has 0 radical (unpaired) electrons. The van der Waals surface area contributed by atoms with E-state index in [9.17, 15) is 0 Å². The van der Waals surface area contributed by atoms with Crippen LogP contribution in [-0.2, 0) is 12.5 Å². The smallest absolute Gasteiger partial charge is 0.201 e. The number of nitrogens with zero attached hydrogens (tertiary/aromatic N) is 1. The standard InChI is InChI=1S/C25H36N/c1-17-13-18(2)22(15-21(17)20-11-9-8-10-12-20)24-14-19(3)23(16-26(24)7)25(4,5)6/h13-16,20H,8-12H2,1-7H3/q+1. The van der Waals surface area contributed by atoms with Gasteiger partial charge in [-0.25, -0.2) is 4.57 Å². The Morgan fingerprint density at radius 1 is 0.846 bits per heavy atom. The van der Waals surface area contributed by atoms with Gasteiger partial charge in [0.25, 0.3) is 0 Å². The molecule has 1 fully saturated rings. The lowest BCUT2D eigenvalue weighted by Crippen LogP contribution is -2.34. The van der Waals surface area contributed by atoms with Crippen molar-refractivity contribution >= 4 is 0 Å². The lowest BCUT2D eigenvalue weighted by Gasteiger charge is -2.25. The van der Waals surface area contributed by atoms with Crippen LogP contribution in [0.4, 0.5) is 0 Å². The minimum Gasteiger partial charge on any atom is -0.201 e. The summed E-state index contributed by atoms with van der Waals surface area (Å²) in [7, 11) is 2.20. The van der Waals surface area contributed by atoms with Gasteiger partial charge in [0.1, 0.15) is 7.05 Å². The first kappa shape index (κ1) is 19.1. The lowest BCUT2D eigenvalue weighted by atomic mass is 9.80. The summed E-state index contributed by atoms with van der Waals surface area (Å²) >= 11 is 0. The second kappa shape index (κ2) is 7.18. The Bertz CT molecular complexity index is 802. The molecule has 0 saturated heterocycles. The monoisotopic (exact) mass is 350 g/mol. The molecule has 0 bridgehead atoms. The quantitative estimate of drug-likeness (QED) is 0.548. The van der Waals surface area contributed by atoms with Gasteiger partial charge in [0, 0.05) is 17.2 Å². The molecule has 0 spiro atoms. The maximum absolute atomic E-state index is 2.51. The molecule has 1 saturated carbocycles. The van der Waals surface area contributed by atoms with E-state index in [1.54, 1.807) is 5.56 Å². The molecule has 0 unspecified atom stereocenters. The Kier molecular flexibility index (Phi) is 5.28. The van der Waals surface area contributed by atoms with Crippen molar-refractivity contribution in [3.05, 3.63) is 52.2 Å². The Morgan fingerprint density at radius 2 is 1.50 bits per heavy atom. The van der Waals surface area contributed by atoms with E-state index in [0.717, 1.165) is 5.92 Å². The highest BCUT2D eigenvalue weighted by Gasteiger charge is 2.25. The van der Waals surface area contributed by atoms with Crippen LogP contribution in [0.2, 0.25) is 0 Å². The third-order valence-corrected chi connectivity index (χ3v) is 6.22. The van der Waals surface area contributed by atoms with Crippen molar-refractivity contribution in [3.63, 3.8) is 0 Å². The molecule has 140 valence electrons. The van der Waals surface area contributed by atoms with Gasteiger partial charge in [-0.3, -0.25) is 0 Å². The summed E-state index contributed by atoms with van der Waals surface area (Å²) in [6, 6.07) is 7.31. The summed E-state index contributed by atoms with van der Waals surface area (Å²) in [5.74, 6) is 0.753. The fraction of sp³-hybridized carbons (Fsp3) is 0.560. The fourth-order valence-electron chi connectivity index (χ4n) is 4.80. The first-order chi connectivity index (χ1) is 12.2. The average molecular weight is 351 g/mol. The second-order valence-corrected chi connectivity index (χ2v) is 9.47. The van der Waals surface area contributed by atoms with Crippen LogP contribution in [0.15, 0.2) is 24.4 Å². The summed E-state index contributed by atoms with van der Waals surface area (Å²) in [4.78, 5) is 0. The summed E-state index contributed by atoms with van der Waals surface area (Å²) < 4.78 is 2.33. The van der Waals surface area contributed by atoms with Crippen molar-refractivity contribution in [1.82, 2.24) is 0 Å². The zero-order valence-electron chi connectivity index (χ0n) is 17.9. The summed E-state index contributed by atoms with van der Waals surface area (Å²) in [5.41, 5.74) is 10.2. The summed E-state index contributed by atoms with van der Waals surface area (Å²) in [6.07, 6.45) is 9.25. The van der Waals surface area contributed by atoms with E-state index in [4.69, 9.17) is 0 Å². The normalized spacial score (nSPS) is 16.1. The molecule has 26 heavy (non-hydrogen) atoms. The number of benzene rings is 1. The fourth-order valence-corrected chi connectivity index (χ4v) is 4.80. The maximum atomic E-state index is 2.51. The van der Waals surface area contributed by atoms with Crippen molar-refractivity contribution in [1.29, 1.82) is 0 Å². The van der Waals surface area contributed by atoms with E-state index in [1.807, 2.05) is 0 Å². The third-order valence-electron chi connectivity index (χ3n) is 6.22. The van der Waals surface area contributed by atoms with E-state index in [-0.39, 0.29) is 5.41 Å². The predicted octanol–water partition coefficient (Wildman–Crippen LogP) is 6.45. The number of hydrogen-bond donors (Lipinski definition) is 0. The van der Waals surface area contributed by atoms with Crippen LogP contribution < -0.4 is 4.57 Å². The molecule has 1 aromatic heterocycles. The molecule has 1 aliphatic carbocycles. The van der Waals surface area contributed by atoms with Crippen molar-refractivity contribution in [2.24, 2.45) is 7.05 Å². The van der Waals surface area contributed by atoms with Crippen LogP contribution >= 0.6 is 0 Å². The van der Waals surface area contributed by atoms with Crippen LogP contribution in [-0.4, -0.2) is 0 Å². The van der Waals surface area contributed by atoms with Crippen LogP contribution in [0.25, 0.3) is 11.3 Å². The van der Waals surface area contributed by atoms with Gasteiger partial charge >= 0.3 is 0 Å². The van der Waals surface area contributed by atoms with E-state index >= 15 is 0 Å². The van der Waals surface area contributed by atoms with Gasteiger partial charge < -0.3 is 0 Å². The Hall–Kier alpha value is -1.63. The number of rotatable bonds is 2. The first-order valence-corrected chi connectivity index (χ1v) is 10.3. The van der Waals surface area contributed by atoms with E-state index in [1.165, 1.54) is 65.6 Å². The molecule has 1 heteroatoms. The molecule has 3 rings (SSSR count). The van der Waals surface area contributed by atoms with E-state index in [2.05, 4.69) is 77.6 Å². The maximum Gasteiger partial charge on any atom is 0.212 e. The molecule has 0 aliphatic heterocycles. The Morgan fingerprint density at radius 3 is 2.12 bits per heavy atom. The number of aryl methyl sites for hydroxylation is 4. The SMILES string of the molecule is Cc1cc(C)c(C2CCCCC2)cc1-c1cc(C)c(C(C)(C)C)c[n+]1C. The molecule has 0 atom stereocenters. The average Bonchev–Trinajstić information content (AvgIpc) is 2.57. The lowest BCUT2D eigenvalue weighted by molar-refractivity contribution is -0.661. The van der Waals surface area contributed by atoms with Gasteiger partial charge in [-0.15, -0.1) is 0 Å². The van der Waals surface area contributed by atoms with Crippen LogP contribution in [0.3, 0.4) is 0 Å². The molecule has 0 N–H and O–H groups in total. The molecule has 1 heterocycles. The number of aromatic nitrogens is 1. The first-order valence-electron chi connectivity index (χ1n) is 10.3. The van der Waals surface area contributed by atoms with Gasteiger partial charge in [0.2, 0.25) is 5.69 Å². The van der Waals surface area contributed by atoms with Crippen LogP contribution in [0.1, 0.15) is 86.6 Å². The van der Waals surface area contributed by atoms with Crippen molar-refractivity contribution < 1.29 is 4.57 Å². The minimum absolute atomic E-state index is 0.177. The highest BCUT2D eigenvalue weighted by Crippen LogP contribution is 2.37. The molecule has 1 aliphatic rings. The molecule has 0 amide bonds. The van der Waals surface area contributed by atoms with Gasteiger partial charge in [-0.2, -0.15) is 0 Å². The van der Waals surface area contributed by atoms with E-state index in [0.29, 0.717) is 0 Å². The highest BCUT2D eigenvalue weighted by molar-refractivity contribution is 5.64. The zero-order chi connectivity index (χ0) is 19.1. The van der Waals surface area contributed by atoms with Crippen LogP contribution in [0, 0.1) is 20.8 Å². The van der Waals surface area contributed by atoms with Crippen molar-refractivity contribution in [2.75, 3.05) is 0 Å². The van der Waals surface area contributed by atoms with E-state index < -0.39 is 0 Å². The van der Waals surface area contributed by atoms with Gasteiger partial charge in [-0.05, 0) is 73.3 Å². The minimum atomic E-state index is 0.177. The molecule has 2 aromatic rings. The number of pyridine rings is 1. The molecule has 1 aromatic carbocycles. The van der Waals surface area contributed by atoms with Crippen molar-refractivity contribution in [2.45, 2.75) is 85.0 Å². The number of hydrogen-bond acceptors (Lipinski definition) is 0. The highest BCUT2D eigenvalue weighted by atomic mass is 14.9. The summed E-state index contributed by atoms with van der Waals surface area (Å²) in [5, 5.41) is 0. The topological polar surface area (TPSA) is 3.88 Å². The molecular formula is C25H36N+. The van der Waals surface area contributed by atoms with Gasteiger partial charge in [0.05, 0.1) is 0 Å². The van der Waals surface area contributed by atoms with Crippen LogP contribution in [0.5, 0.6) is 0 Å². The predicted molar refractivity (Wildman–Crippen MR) is 112 cm³/mol. The summed E-state index contributed by atoms with van der Waals surface area (Å²) in [6.45, 7) is 13.7.